The van der Waals surface area contributed by atoms with Crippen molar-refractivity contribution < 1.29 is 0 Å². The van der Waals surface area contributed by atoms with Gasteiger partial charge < -0.3 is 4.57 Å². The molecule has 0 fully saturated rings. The van der Waals surface area contributed by atoms with Gasteiger partial charge in [0.15, 0.2) is 0 Å². The predicted octanol–water partition coefficient (Wildman–Crippen LogP) is 5.31. The number of hydrogen-bond acceptors (Lipinski definition) is 1. The van der Waals surface area contributed by atoms with Gasteiger partial charge in [-0.1, -0.05) is 60.1 Å². The highest BCUT2D eigenvalue weighted by atomic mass is 35.5. The van der Waals surface area contributed by atoms with E-state index in [1.165, 1.54) is 11.1 Å². The lowest BCUT2D eigenvalue weighted by Gasteiger charge is -2.07. The van der Waals surface area contributed by atoms with Crippen LogP contribution in [-0.2, 0) is 6.54 Å². The van der Waals surface area contributed by atoms with E-state index in [2.05, 4.69) is 42.2 Å². The van der Waals surface area contributed by atoms with Crippen LogP contribution < -0.4 is 0 Å². The first kappa shape index (κ1) is 14.6. The molecule has 110 valence electrons. The van der Waals surface area contributed by atoms with E-state index in [9.17, 15) is 0 Å². The molecule has 0 aliphatic heterocycles. The van der Waals surface area contributed by atoms with Crippen LogP contribution in [0.25, 0.3) is 16.7 Å². The van der Waals surface area contributed by atoms with Crippen molar-refractivity contribution in [1.82, 2.24) is 9.55 Å². The Morgan fingerprint density at radius 1 is 1.14 bits per heavy atom. The summed E-state index contributed by atoms with van der Waals surface area (Å²) in [6, 6.07) is 16.4. The van der Waals surface area contributed by atoms with E-state index in [-0.39, 0.29) is 0 Å². The summed E-state index contributed by atoms with van der Waals surface area (Å²) in [5.74, 6) is 0. The topological polar surface area (TPSA) is 17.8 Å². The van der Waals surface area contributed by atoms with Crippen molar-refractivity contribution >= 4 is 17.2 Å². The van der Waals surface area contributed by atoms with Crippen LogP contribution in [0.2, 0.25) is 5.02 Å². The minimum absolute atomic E-state index is 0.780. The quantitative estimate of drug-likeness (QED) is 0.639. The Balaban J connectivity index is 1.79. The van der Waals surface area contributed by atoms with Gasteiger partial charge in [0.25, 0.3) is 0 Å². The van der Waals surface area contributed by atoms with Gasteiger partial charge in [-0.25, -0.2) is 4.98 Å². The van der Waals surface area contributed by atoms with E-state index >= 15 is 0 Å². The second-order valence-electron chi connectivity index (χ2n) is 5.20. The van der Waals surface area contributed by atoms with E-state index < -0.39 is 0 Å². The lowest BCUT2D eigenvalue weighted by molar-refractivity contribution is 0.821. The molecule has 0 N–H and O–H groups in total. The fourth-order valence-electron chi connectivity index (χ4n) is 2.36. The van der Waals surface area contributed by atoms with Crippen LogP contribution in [-0.4, -0.2) is 9.55 Å². The fraction of sp³-hybridized carbons (Fsp3) is 0.105. The number of halogens is 1. The highest BCUT2D eigenvalue weighted by Gasteiger charge is 2.03. The van der Waals surface area contributed by atoms with Crippen molar-refractivity contribution in [3.63, 3.8) is 0 Å². The van der Waals surface area contributed by atoms with Crippen molar-refractivity contribution in [2.24, 2.45) is 0 Å². The lowest BCUT2D eigenvalue weighted by atomic mass is 10.0. The van der Waals surface area contributed by atoms with Crippen molar-refractivity contribution in [2.75, 3.05) is 0 Å². The highest BCUT2D eigenvalue weighted by Crippen LogP contribution is 2.28. The van der Waals surface area contributed by atoms with Gasteiger partial charge in [-0.2, -0.15) is 0 Å². The van der Waals surface area contributed by atoms with Crippen molar-refractivity contribution in [1.29, 1.82) is 0 Å². The van der Waals surface area contributed by atoms with Crippen molar-refractivity contribution in [3.05, 3.63) is 83.9 Å². The number of aromatic nitrogens is 2. The molecule has 0 atom stereocenters. The Labute approximate surface area is 135 Å². The first-order valence-electron chi connectivity index (χ1n) is 7.22. The molecule has 0 saturated carbocycles. The summed E-state index contributed by atoms with van der Waals surface area (Å²) >= 11 is 6.25. The first-order chi connectivity index (χ1) is 10.7. The number of hydrogen-bond donors (Lipinski definition) is 0. The van der Waals surface area contributed by atoms with Gasteiger partial charge in [0.05, 0.1) is 6.33 Å². The van der Waals surface area contributed by atoms with Gasteiger partial charge >= 0.3 is 0 Å². The third-order valence-corrected chi connectivity index (χ3v) is 4.02. The maximum atomic E-state index is 6.25. The minimum Gasteiger partial charge on any atom is -0.334 e. The average Bonchev–Trinajstić information content (AvgIpc) is 3.07. The maximum absolute atomic E-state index is 6.25. The highest BCUT2D eigenvalue weighted by molar-refractivity contribution is 6.33. The molecule has 0 radical (unpaired) electrons. The van der Waals surface area contributed by atoms with E-state index in [1.54, 1.807) is 6.20 Å². The number of nitrogens with zero attached hydrogens (tertiary/aromatic N) is 2. The number of rotatable bonds is 4. The van der Waals surface area contributed by atoms with E-state index in [0.29, 0.717) is 0 Å². The molecule has 0 bridgehead atoms. The summed E-state index contributed by atoms with van der Waals surface area (Å²) in [6.45, 7) is 2.96. The summed E-state index contributed by atoms with van der Waals surface area (Å²) in [5.41, 5.74) is 4.67. The zero-order valence-corrected chi connectivity index (χ0v) is 13.2. The molecular formula is C19H17ClN2. The molecule has 2 aromatic carbocycles. The third kappa shape index (κ3) is 3.29. The first-order valence-corrected chi connectivity index (χ1v) is 7.59. The second kappa shape index (κ2) is 6.63. The zero-order valence-electron chi connectivity index (χ0n) is 12.4. The van der Waals surface area contributed by atoms with Gasteiger partial charge in [0, 0.05) is 29.5 Å². The molecule has 1 aromatic heterocycles. The Kier molecular flexibility index (Phi) is 4.40. The molecule has 0 saturated heterocycles. The van der Waals surface area contributed by atoms with E-state index in [4.69, 9.17) is 11.6 Å². The Hall–Kier alpha value is -2.32. The van der Waals surface area contributed by atoms with Crippen LogP contribution in [0.1, 0.15) is 12.5 Å². The van der Waals surface area contributed by atoms with Crippen molar-refractivity contribution in [2.45, 2.75) is 13.5 Å². The van der Waals surface area contributed by atoms with E-state index in [0.717, 1.165) is 22.7 Å². The van der Waals surface area contributed by atoms with Crippen LogP contribution >= 0.6 is 11.6 Å². The maximum Gasteiger partial charge on any atom is 0.0948 e. The molecule has 3 heteroatoms. The molecule has 0 unspecified atom stereocenters. The van der Waals surface area contributed by atoms with Crippen LogP contribution in [0.4, 0.5) is 0 Å². The molecular weight excluding hydrogens is 292 g/mol. The molecule has 3 aromatic rings. The average molecular weight is 309 g/mol. The number of allylic oxidation sites excluding steroid dienone is 2. The Morgan fingerprint density at radius 2 is 1.91 bits per heavy atom. The molecule has 0 amide bonds. The molecule has 3 rings (SSSR count). The van der Waals surface area contributed by atoms with Crippen LogP contribution in [0.5, 0.6) is 0 Å². The smallest absolute Gasteiger partial charge is 0.0948 e. The fourth-order valence-corrected chi connectivity index (χ4v) is 2.61. The molecule has 0 spiro atoms. The van der Waals surface area contributed by atoms with Gasteiger partial charge in [-0.3, -0.25) is 0 Å². The summed E-state index contributed by atoms with van der Waals surface area (Å²) in [5, 5.41) is 0.780. The number of imidazole rings is 1. The van der Waals surface area contributed by atoms with Crippen LogP contribution in [0, 0.1) is 0 Å². The number of benzene rings is 2. The SMILES string of the molecule is C/C(=C/Cn1ccnc1)c1ccc(-c2ccccc2Cl)cc1. The Morgan fingerprint density at radius 3 is 2.59 bits per heavy atom. The molecule has 0 aliphatic carbocycles. The largest absolute Gasteiger partial charge is 0.334 e. The van der Waals surface area contributed by atoms with Gasteiger partial charge in [-0.05, 0) is 29.7 Å². The monoisotopic (exact) mass is 308 g/mol. The zero-order chi connectivity index (χ0) is 15.4. The molecule has 2 nitrogen and oxygen atoms in total. The second-order valence-corrected chi connectivity index (χ2v) is 5.61. The molecule has 0 aliphatic rings. The predicted molar refractivity (Wildman–Crippen MR) is 92.8 cm³/mol. The third-order valence-electron chi connectivity index (χ3n) is 3.69. The summed E-state index contributed by atoms with van der Waals surface area (Å²) in [4.78, 5) is 4.05. The molecule has 22 heavy (non-hydrogen) atoms. The normalized spacial score (nSPS) is 11.6. The van der Waals surface area contributed by atoms with E-state index in [1.807, 2.05) is 41.4 Å². The minimum atomic E-state index is 0.780. The lowest BCUT2D eigenvalue weighted by Crippen LogP contribution is -1.91. The molecule has 1 heterocycles. The summed E-state index contributed by atoms with van der Waals surface area (Å²) in [6.07, 6.45) is 7.78. The van der Waals surface area contributed by atoms with Crippen molar-refractivity contribution in [3.8, 4) is 11.1 Å². The summed E-state index contributed by atoms with van der Waals surface area (Å²) in [7, 11) is 0. The van der Waals surface area contributed by atoms with Crippen LogP contribution in [0.15, 0.2) is 73.3 Å². The van der Waals surface area contributed by atoms with Gasteiger partial charge in [0.1, 0.15) is 0 Å². The standard InChI is InChI=1S/C19H17ClN2/c1-15(10-12-22-13-11-21-14-22)16-6-8-17(9-7-16)18-4-2-3-5-19(18)20/h2-11,13-14H,12H2,1H3/b15-10-. The Bertz CT molecular complexity index is 771. The van der Waals surface area contributed by atoms with Gasteiger partial charge in [-0.15, -0.1) is 0 Å². The van der Waals surface area contributed by atoms with Gasteiger partial charge in [0.2, 0.25) is 0 Å². The van der Waals surface area contributed by atoms with Crippen LogP contribution in [0.3, 0.4) is 0 Å². The summed E-state index contributed by atoms with van der Waals surface area (Å²) < 4.78 is 2.04.